The number of rotatable bonds is 3. The lowest BCUT2D eigenvalue weighted by Gasteiger charge is -2.05. The Morgan fingerprint density at radius 3 is 2.39 bits per heavy atom. The summed E-state index contributed by atoms with van der Waals surface area (Å²) in [6.45, 7) is 0. The van der Waals surface area contributed by atoms with Crippen molar-refractivity contribution in [1.82, 2.24) is 9.97 Å². The summed E-state index contributed by atoms with van der Waals surface area (Å²) in [6.07, 6.45) is 3.30. The first-order valence-electron chi connectivity index (χ1n) is 5.12. The average Bonchev–Trinajstić information content (AvgIpc) is 2.41. The Morgan fingerprint density at radius 1 is 1.22 bits per heavy atom. The van der Waals surface area contributed by atoms with E-state index in [9.17, 15) is 4.79 Å². The molecule has 0 saturated heterocycles. The van der Waals surface area contributed by atoms with Crippen LogP contribution >= 0.6 is 15.9 Å². The third-order valence-corrected chi connectivity index (χ3v) is 2.59. The molecule has 0 aliphatic heterocycles. The van der Waals surface area contributed by atoms with Gasteiger partial charge in [0, 0.05) is 18.1 Å². The fourth-order valence-corrected chi connectivity index (χ4v) is 1.52. The fraction of sp³-hybridized carbons (Fsp3) is 0.0833. The second-order valence-corrected chi connectivity index (χ2v) is 4.33. The Hall–Kier alpha value is -1.95. The maximum atomic E-state index is 11.2. The van der Waals surface area contributed by atoms with Crippen molar-refractivity contribution >= 4 is 33.5 Å². The number of ether oxygens (including phenoxy) is 1. The van der Waals surface area contributed by atoms with Crippen molar-refractivity contribution < 1.29 is 9.53 Å². The molecule has 5 nitrogen and oxygen atoms in total. The van der Waals surface area contributed by atoms with Crippen LogP contribution in [0.3, 0.4) is 0 Å². The van der Waals surface area contributed by atoms with E-state index in [1.54, 1.807) is 36.7 Å². The van der Waals surface area contributed by atoms with Crippen LogP contribution in [0, 0.1) is 0 Å². The summed E-state index contributed by atoms with van der Waals surface area (Å²) in [4.78, 5) is 19.4. The van der Waals surface area contributed by atoms with E-state index in [0.29, 0.717) is 11.5 Å². The number of methoxy groups -OCH3 is 1. The van der Waals surface area contributed by atoms with E-state index in [0.717, 1.165) is 10.2 Å². The van der Waals surface area contributed by atoms with Gasteiger partial charge in [0.2, 0.25) is 5.95 Å². The minimum absolute atomic E-state index is 0.360. The van der Waals surface area contributed by atoms with Gasteiger partial charge in [-0.3, -0.25) is 0 Å². The van der Waals surface area contributed by atoms with Crippen molar-refractivity contribution in [2.45, 2.75) is 0 Å². The van der Waals surface area contributed by atoms with Gasteiger partial charge in [0.1, 0.15) is 0 Å². The van der Waals surface area contributed by atoms with Gasteiger partial charge in [-0.25, -0.2) is 14.8 Å². The van der Waals surface area contributed by atoms with E-state index >= 15 is 0 Å². The lowest BCUT2D eigenvalue weighted by atomic mass is 10.2. The van der Waals surface area contributed by atoms with Crippen molar-refractivity contribution in [3.63, 3.8) is 0 Å². The predicted molar refractivity (Wildman–Crippen MR) is 70.8 cm³/mol. The van der Waals surface area contributed by atoms with Gasteiger partial charge in [0.25, 0.3) is 0 Å². The van der Waals surface area contributed by atoms with Crippen molar-refractivity contribution in [3.05, 3.63) is 46.7 Å². The highest BCUT2D eigenvalue weighted by Crippen LogP contribution is 2.15. The highest BCUT2D eigenvalue weighted by Gasteiger charge is 2.04. The van der Waals surface area contributed by atoms with Gasteiger partial charge in [-0.2, -0.15) is 0 Å². The molecule has 0 aliphatic rings. The summed E-state index contributed by atoms with van der Waals surface area (Å²) < 4.78 is 5.43. The molecule has 0 unspecified atom stereocenters. The van der Waals surface area contributed by atoms with E-state index in [-0.39, 0.29) is 5.97 Å². The standard InChI is InChI=1S/C12H10BrN3O2/c1-18-11(17)8-2-4-10(5-3-8)16-12-14-6-9(13)7-15-12/h2-7H,1H3,(H,14,15,16). The average molecular weight is 308 g/mol. The van der Waals surface area contributed by atoms with Crippen molar-refractivity contribution in [3.8, 4) is 0 Å². The molecule has 92 valence electrons. The highest BCUT2D eigenvalue weighted by atomic mass is 79.9. The summed E-state index contributed by atoms with van der Waals surface area (Å²) in [5.41, 5.74) is 1.30. The number of carbonyl (C=O) groups is 1. The molecule has 2 rings (SSSR count). The minimum Gasteiger partial charge on any atom is -0.465 e. The van der Waals surface area contributed by atoms with Gasteiger partial charge >= 0.3 is 5.97 Å². The molecule has 0 bridgehead atoms. The lowest BCUT2D eigenvalue weighted by molar-refractivity contribution is 0.0601. The number of hydrogen-bond acceptors (Lipinski definition) is 5. The molecule has 1 heterocycles. The summed E-state index contributed by atoms with van der Waals surface area (Å²) in [6, 6.07) is 6.87. The molecular formula is C12H10BrN3O2. The Balaban J connectivity index is 2.10. The molecule has 0 aliphatic carbocycles. The molecule has 1 aromatic heterocycles. The first kappa shape index (κ1) is 12.5. The zero-order valence-electron chi connectivity index (χ0n) is 9.55. The predicted octanol–water partition coefficient (Wildman–Crippen LogP) is 2.77. The minimum atomic E-state index is -0.360. The molecule has 0 fully saturated rings. The maximum absolute atomic E-state index is 11.2. The molecule has 0 spiro atoms. The third kappa shape index (κ3) is 3.04. The number of hydrogen-bond donors (Lipinski definition) is 1. The second kappa shape index (κ2) is 5.59. The molecule has 6 heteroatoms. The van der Waals surface area contributed by atoms with Crippen LogP contribution < -0.4 is 5.32 Å². The summed E-state index contributed by atoms with van der Waals surface area (Å²) in [7, 11) is 1.35. The molecule has 18 heavy (non-hydrogen) atoms. The number of esters is 1. The number of nitrogens with one attached hydrogen (secondary N) is 1. The topological polar surface area (TPSA) is 64.1 Å². The van der Waals surface area contributed by atoms with Gasteiger partial charge in [-0.1, -0.05) is 0 Å². The van der Waals surface area contributed by atoms with Crippen LogP contribution in [0.1, 0.15) is 10.4 Å². The van der Waals surface area contributed by atoms with Crippen LogP contribution in [0.25, 0.3) is 0 Å². The molecule has 2 aromatic rings. The normalized spacial score (nSPS) is 9.89. The summed E-state index contributed by atoms with van der Waals surface area (Å²) in [5, 5.41) is 3.02. The summed E-state index contributed by atoms with van der Waals surface area (Å²) >= 11 is 3.26. The smallest absolute Gasteiger partial charge is 0.337 e. The monoisotopic (exact) mass is 307 g/mol. The van der Waals surface area contributed by atoms with Gasteiger partial charge < -0.3 is 10.1 Å². The second-order valence-electron chi connectivity index (χ2n) is 3.42. The summed E-state index contributed by atoms with van der Waals surface area (Å²) in [5.74, 6) is 0.130. The van der Waals surface area contributed by atoms with Crippen LogP contribution in [0.15, 0.2) is 41.1 Å². The lowest BCUT2D eigenvalue weighted by Crippen LogP contribution is -2.01. The zero-order chi connectivity index (χ0) is 13.0. The largest absolute Gasteiger partial charge is 0.465 e. The number of aromatic nitrogens is 2. The third-order valence-electron chi connectivity index (χ3n) is 2.18. The molecule has 1 aromatic carbocycles. The molecule has 0 saturated carbocycles. The van der Waals surface area contributed by atoms with E-state index in [1.807, 2.05) is 0 Å². The number of carbonyl (C=O) groups excluding carboxylic acids is 1. The van der Waals surface area contributed by atoms with E-state index in [1.165, 1.54) is 7.11 Å². The van der Waals surface area contributed by atoms with Gasteiger partial charge in [-0.15, -0.1) is 0 Å². The van der Waals surface area contributed by atoms with Crippen LogP contribution in [-0.4, -0.2) is 23.0 Å². The number of halogens is 1. The van der Waals surface area contributed by atoms with Crippen LogP contribution in [0.4, 0.5) is 11.6 Å². The first-order chi connectivity index (χ1) is 8.69. The molecule has 0 radical (unpaired) electrons. The Labute approximate surface area is 112 Å². The SMILES string of the molecule is COC(=O)c1ccc(Nc2ncc(Br)cn2)cc1. The van der Waals surface area contributed by atoms with Crippen LogP contribution in [0.5, 0.6) is 0 Å². The molecule has 1 N–H and O–H groups in total. The van der Waals surface area contributed by atoms with Gasteiger partial charge in [0.05, 0.1) is 17.1 Å². The highest BCUT2D eigenvalue weighted by molar-refractivity contribution is 9.10. The zero-order valence-corrected chi connectivity index (χ0v) is 11.1. The number of benzene rings is 1. The molecule has 0 atom stereocenters. The Bertz CT molecular complexity index is 540. The van der Waals surface area contributed by atoms with E-state index in [2.05, 4.69) is 36.0 Å². The number of nitrogens with zero attached hydrogens (tertiary/aromatic N) is 2. The molecular weight excluding hydrogens is 298 g/mol. The van der Waals surface area contributed by atoms with Gasteiger partial charge in [-0.05, 0) is 40.2 Å². The quantitative estimate of drug-likeness (QED) is 0.883. The van der Waals surface area contributed by atoms with Crippen molar-refractivity contribution in [2.75, 3.05) is 12.4 Å². The van der Waals surface area contributed by atoms with Crippen molar-refractivity contribution in [1.29, 1.82) is 0 Å². The molecule has 0 amide bonds. The van der Waals surface area contributed by atoms with Crippen LogP contribution in [0.2, 0.25) is 0 Å². The Morgan fingerprint density at radius 2 is 1.83 bits per heavy atom. The van der Waals surface area contributed by atoms with E-state index in [4.69, 9.17) is 0 Å². The number of anilines is 2. The Kier molecular flexibility index (Phi) is 3.88. The fourth-order valence-electron chi connectivity index (χ4n) is 1.31. The van der Waals surface area contributed by atoms with Crippen LogP contribution in [-0.2, 0) is 4.74 Å². The van der Waals surface area contributed by atoms with Crippen molar-refractivity contribution in [2.24, 2.45) is 0 Å². The van der Waals surface area contributed by atoms with E-state index < -0.39 is 0 Å². The van der Waals surface area contributed by atoms with Gasteiger partial charge in [0.15, 0.2) is 0 Å². The first-order valence-corrected chi connectivity index (χ1v) is 5.91. The maximum Gasteiger partial charge on any atom is 0.337 e.